The molecule has 0 atom stereocenters. The van der Waals surface area contributed by atoms with Crippen LogP contribution in [0, 0.1) is 11.3 Å². The van der Waals surface area contributed by atoms with E-state index in [-0.39, 0.29) is 0 Å². The lowest BCUT2D eigenvalue weighted by Crippen LogP contribution is -2.32. The Morgan fingerprint density at radius 2 is 2.00 bits per heavy atom. The quantitative estimate of drug-likeness (QED) is 0.783. The molecule has 1 aromatic heterocycles. The summed E-state index contributed by atoms with van der Waals surface area (Å²) in [5.74, 6) is 0.893. The van der Waals surface area contributed by atoms with Crippen molar-refractivity contribution in [1.82, 2.24) is 4.98 Å². The van der Waals surface area contributed by atoms with Gasteiger partial charge >= 0.3 is 0 Å². The highest BCUT2D eigenvalue weighted by molar-refractivity contribution is 7.16. The number of benzene rings is 1. The van der Waals surface area contributed by atoms with Crippen molar-refractivity contribution in [2.75, 3.05) is 5.32 Å². The van der Waals surface area contributed by atoms with Crippen molar-refractivity contribution in [2.45, 2.75) is 58.9 Å². The highest BCUT2D eigenvalue weighted by Crippen LogP contribution is 2.41. The molecule has 2 nitrogen and oxygen atoms in total. The van der Waals surface area contributed by atoms with E-state index in [1.165, 1.54) is 42.5 Å². The average Bonchev–Trinajstić information content (AvgIpc) is 2.95. The first kappa shape index (κ1) is 14.8. The molecule has 1 aliphatic rings. The van der Waals surface area contributed by atoms with Crippen LogP contribution in [0.4, 0.5) is 5.69 Å². The number of thiazole rings is 1. The molecule has 2 aromatic rings. The van der Waals surface area contributed by atoms with Gasteiger partial charge < -0.3 is 5.32 Å². The molecule has 114 valence electrons. The Balaban J connectivity index is 1.60. The number of anilines is 1. The fraction of sp³-hybridized carbons (Fsp3) is 0.611. The van der Waals surface area contributed by atoms with Gasteiger partial charge in [-0.3, -0.25) is 0 Å². The number of hydrogen-bond acceptors (Lipinski definition) is 3. The van der Waals surface area contributed by atoms with Crippen molar-refractivity contribution in [3.63, 3.8) is 0 Å². The molecule has 1 saturated carbocycles. The van der Waals surface area contributed by atoms with Gasteiger partial charge in [0.2, 0.25) is 0 Å². The van der Waals surface area contributed by atoms with Gasteiger partial charge in [0.05, 0.1) is 15.7 Å². The highest BCUT2D eigenvalue weighted by Gasteiger charge is 2.31. The van der Waals surface area contributed by atoms with Crippen LogP contribution in [0.25, 0.3) is 10.2 Å². The minimum Gasteiger partial charge on any atom is -0.382 e. The third-order valence-corrected chi connectivity index (χ3v) is 6.24. The number of fused-ring (bicyclic) bond motifs is 1. The summed E-state index contributed by atoms with van der Waals surface area (Å²) in [4.78, 5) is 4.34. The van der Waals surface area contributed by atoms with E-state index in [0.717, 1.165) is 11.4 Å². The molecule has 0 aliphatic heterocycles. The summed E-state index contributed by atoms with van der Waals surface area (Å²) in [5, 5.41) is 3.73. The third kappa shape index (κ3) is 3.23. The smallest absolute Gasteiger partial charge is 0.0813 e. The zero-order chi connectivity index (χ0) is 14.9. The maximum absolute atomic E-state index is 4.34. The first-order chi connectivity index (χ1) is 10.1. The first-order valence-corrected chi connectivity index (χ1v) is 9.06. The molecule has 1 N–H and O–H groups in total. The zero-order valence-electron chi connectivity index (χ0n) is 13.4. The van der Waals surface area contributed by atoms with E-state index in [4.69, 9.17) is 0 Å². The summed E-state index contributed by atoms with van der Waals surface area (Å²) in [6.45, 7) is 7.20. The van der Waals surface area contributed by atoms with E-state index in [1.807, 2.05) is 5.51 Å². The van der Waals surface area contributed by atoms with Crippen LogP contribution in [0.2, 0.25) is 0 Å². The maximum Gasteiger partial charge on any atom is 0.0813 e. The van der Waals surface area contributed by atoms with Gasteiger partial charge in [-0.05, 0) is 55.2 Å². The Bertz CT molecular complexity index is 594. The fourth-order valence-corrected chi connectivity index (χ4v) is 4.20. The molecule has 0 unspecified atom stereocenters. The van der Waals surface area contributed by atoms with Crippen molar-refractivity contribution in [1.29, 1.82) is 0 Å². The molecule has 3 rings (SSSR count). The molecular formula is C18H26N2S. The van der Waals surface area contributed by atoms with Gasteiger partial charge in [-0.25, -0.2) is 4.98 Å². The Hall–Kier alpha value is -1.09. The number of nitrogens with zero attached hydrogens (tertiary/aromatic N) is 1. The third-order valence-electron chi connectivity index (χ3n) is 5.45. The van der Waals surface area contributed by atoms with Crippen LogP contribution < -0.4 is 5.32 Å². The van der Waals surface area contributed by atoms with Crippen LogP contribution in [0.5, 0.6) is 0 Å². The second-order valence-electron chi connectivity index (χ2n) is 7.07. The lowest BCUT2D eigenvalue weighted by Gasteiger charge is -2.39. The Morgan fingerprint density at radius 1 is 1.24 bits per heavy atom. The van der Waals surface area contributed by atoms with Crippen molar-refractivity contribution in [3.05, 3.63) is 23.7 Å². The molecule has 0 saturated heterocycles. The van der Waals surface area contributed by atoms with Crippen LogP contribution in [-0.4, -0.2) is 11.0 Å². The Kier molecular flexibility index (Phi) is 4.21. The molecule has 0 amide bonds. The molecule has 0 spiro atoms. The van der Waals surface area contributed by atoms with E-state index in [0.29, 0.717) is 11.5 Å². The molecule has 0 radical (unpaired) electrons. The minimum atomic E-state index is 0.506. The predicted molar refractivity (Wildman–Crippen MR) is 93.1 cm³/mol. The number of nitrogens with one attached hydrogen (secondary N) is 1. The number of hydrogen-bond donors (Lipinski definition) is 1. The van der Waals surface area contributed by atoms with E-state index in [1.54, 1.807) is 11.3 Å². The largest absolute Gasteiger partial charge is 0.382 e. The minimum absolute atomic E-state index is 0.506. The molecule has 1 aliphatic carbocycles. The topological polar surface area (TPSA) is 24.9 Å². The molecular weight excluding hydrogens is 276 g/mol. The van der Waals surface area contributed by atoms with E-state index < -0.39 is 0 Å². The monoisotopic (exact) mass is 302 g/mol. The summed E-state index contributed by atoms with van der Waals surface area (Å²) >= 11 is 1.72. The van der Waals surface area contributed by atoms with E-state index >= 15 is 0 Å². The van der Waals surface area contributed by atoms with E-state index in [9.17, 15) is 0 Å². The van der Waals surface area contributed by atoms with Crippen LogP contribution in [0.1, 0.15) is 52.9 Å². The van der Waals surface area contributed by atoms with Crippen LogP contribution in [-0.2, 0) is 0 Å². The van der Waals surface area contributed by atoms with Crippen molar-refractivity contribution < 1.29 is 0 Å². The standard InChI is InChI=1S/C18H26N2S/c1-4-18(2,3)13-5-7-14(8-6-13)20-15-9-10-16-17(11-15)21-12-19-16/h9-14,20H,4-8H2,1-3H3. The molecule has 1 heterocycles. The van der Waals surface area contributed by atoms with Crippen molar-refractivity contribution in [3.8, 4) is 0 Å². The normalized spacial score (nSPS) is 23.4. The average molecular weight is 302 g/mol. The lowest BCUT2D eigenvalue weighted by atomic mass is 9.69. The van der Waals surface area contributed by atoms with Crippen molar-refractivity contribution >= 4 is 27.2 Å². The van der Waals surface area contributed by atoms with Crippen molar-refractivity contribution in [2.24, 2.45) is 11.3 Å². The van der Waals surface area contributed by atoms with Crippen LogP contribution >= 0.6 is 11.3 Å². The van der Waals surface area contributed by atoms with Gasteiger partial charge in [-0.1, -0.05) is 27.2 Å². The van der Waals surface area contributed by atoms with Gasteiger partial charge in [0.25, 0.3) is 0 Å². The lowest BCUT2D eigenvalue weighted by molar-refractivity contribution is 0.147. The molecule has 1 aromatic carbocycles. The Morgan fingerprint density at radius 3 is 2.71 bits per heavy atom. The van der Waals surface area contributed by atoms with Gasteiger partial charge in [-0.15, -0.1) is 11.3 Å². The van der Waals surface area contributed by atoms with Crippen LogP contribution in [0.15, 0.2) is 23.7 Å². The predicted octanol–water partition coefficient (Wildman–Crippen LogP) is 5.70. The fourth-order valence-electron chi connectivity index (χ4n) is 3.49. The van der Waals surface area contributed by atoms with Gasteiger partial charge in [0.1, 0.15) is 0 Å². The van der Waals surface area contributed by atoms with E-state index in [2.05, 4.69) is 49.3 Å². The Labute approximate surface area is 132 Å². The van der Waals surface area contributed by atoms with Crippen LogP contribution in [0.3, 0.4) is 0 Å². The summed E-state index contributed by atoms with van der Waals surface area (Å²) < 4.78 is 1.28. The molecule has 1 fully saturated rings. The van der Waals surface area contributed by atoms with Gasteiger partial charge in [-0.2, -0.15) is 0 Å². The molecule has 0 bridgehead atoms. The highest BCUT2D eigenvalue weighted by atomic mass is 32.1. The summed E-state index contributed by atoms with van der Waals surface area (Å²) in [6, 6.07) is 7.18. The number of rotatable bonds is 4. The SMILES string of the molecule is CCC(C)(C)C1CCC(Nc2ccc3ncsc3c2)CC1. The summed E-state index contributed by atoms with van der Waals surface area (Å²) in [7, 11) is 0. The summed E-state index contributed by atoms with van der Waals surface area (Å²) in [5.41, 5.74) is 4.79. The number of aromatic nitrogens is 1. The summed E-state index contributed by atoms with van der Waals surface area (Å²) in [6.07, 6.45) is 6.62. The van der Waals surface area contributed by atoms with Gasteiger partial charge in [0.15, 0.2) is 0 Å². The first-order valence-electron chi connectivity index (χ1n) is 8.18. The second-order valence-corrected chi connectivity index (χ2v) is 7.96. The van der Waals surface area contributed by atoms with Gasteiger partial charge in [0, 0.05) is 11.7 Å². The second kappa shape index (κ2) is 5.96. The maximum atomic E-state index is 4.34. The zero-order valence-corrected chi connectivity index (χ0v) is 14.2. The molecule has 21 heavy (non-hydrogen) atoms. The molecule has 3 heteroatoms.